The molecular formula is C23H25N3O3S3. The summed E-state index contributed by atoms with van der Waals surface area (Å²) in [6.45, 7) is 2.69. The van der Waals surface area contributed by atoms with Gasteiger partial charge in [0.15, 0.2) is 5.13 Å². The molecule has 1 aliphatic heterocycles. The van der Waals surface area contributed by atoms with Crippen molar-refractivity contribution >= 4 is 44.2 Å². The minimum atomic E-state index is -3.57. The van der Waals surface area contributed by atoms with E-state index in [4.69, 9.17) is 0 Å². The summed E-state index contributed by atoms with van der Waals surface area (Å²) in [5, 5.41) is 5.41. The van der Waals surface area contributed by atoms with E-state index >= 15 is 0 Å². The fourth-order valence-corrected chi connectivity index (χ4v) is 7.04. The van der Waals surface area contributed by atoms with Gasteiger partial charge in [-0.05, 0) is 38.2 Å². The zero-order valence-corrected chi connectivity index (χ0v) is 20.4. The van der Waals surface area contributed by atoms with Gasteiger partial charge >= 0.3 is 0 Å². The van der Waals surface area contributed by atoms with E-state index in [2.05, 4.69) is 10.3 Å². The molecule has 0 bridgehead atoms. The van der Waals surface area contributed by atoms with Crippen LogP contribution in [0.1, 0.15) is 18.4 Å². The second-order valence-electron chi connectivity index (χ2n) is 7.72. The highest BCUT2D eigenvalue weighted by atomic mass is 32.2. The molecule has 9 heteroatoms. The first-order valence-electron chi connectivity index (χ1n) is 10.3. The topological polar surface area (TPSA) is 79.4 Å². The number of amides is 1. The lowest BCUT2D eigenvalue weighted by molar-refractivity contribution is -0.120. The molecule has 2 heterocycles. The van der Waals surface area contributed by atoms with Gasteiger partial charge < -0.3 is 5.32 Å². The number of nitrogens with one attached hydrogen (secondary N) is 1. The van der Waals surface area contributed by atoms with Gasteiger partial charge in [0, 0.05) is 34.8 Å². The van der Waals surface area contributed by atoms with Crippen LogP contribution in [-0.4, -0.2) is 43.0 Å². The van der Waals surface area contributed by atoms with Crippen LogP contribution in [0.2, 0.25) is 0 Å². The van der Waals surface area contributed by atoms with Crippen molar-refractivity contribution in [1.82, 2.24) is 9.29 Å². The third kappa shape index (κ3) is 4.91. The van der Waals surface area contributed by atoms with E-state index in [0.717, 1.165) is 16.2 Å². The summed E-state index contributed by atoms with van der Waals surface area (Å²) < 4.78 is 27.7. The monoisotopic (exact) mass is 487 g/mol. The van der Waals surface area contributed by atoms with E-state index in [0.29, 0.717) is 36.0 Å². The fourth-order valence-electron chi connectivity index (χ4n) is 3.72. The molecule has 0 unspecified atom stereocenters. The van der Waals surface area contributed by atoms with Crippen LogP contribution in [0, 0.1) is 12.8 Å². The molecular weight excluding hydrogens is 462 g/mol. The molecule has 0 spiro atoms. The number of rotatable bonds is 6. The standard InChI is InChI=1S/C23H25N3O3S3/c1-16-7-9-17(10-8-16)19-15-31-23(24-19)25-22(27)18-11-13-26(14-12-18)32(28,29)21-6-4-3-5-20(21)30-2/h3-10,15,18H,11-14H2,1-2H3,(H,24,25,27). The Balaban J connectivity index is 1.37. The third-order valence-corrected chi connectivity index (χ3v) is 9.23. The second kappa shape index (κ2) is 9.74. The number of hydrogen-bond donors (Lipinski definition) is 1. The van der Waals surface area contributed by atoms with E-state index in [1.165, 1.54) is 33.0 Å². The number of sulfonamides is 1. The number of carbonyl (C=O) groups is 1. The summed E-state index contributed by atoms with van der Waals surface area (Å²) >= 11 is 2.81. The minimum Gasteiger partial charge on any atom is -0.302 e. The number of piperidine rings is 1. The molecule has 4 rings (SSSR count). The van der Waals surface area contributed by atoms with Gasteiger partial charge in [-0.2, -0.15) is 4.31 Å². The first kappa shape index (κ1) is 23.0. The van der Waals surface area contributed by atoms with Gasteiger partial charge in [0.25, 0.3) is 0 Å². The Morgan fingerprint density at radius 2 is 1.81 bits per heavy atom. The molecule has 2 aromatic carbocycles. The summed E-state index contributed by atoms with van der Waals surface area (Å²) in [7, 11) is -3.57. The highest BCUT2D eigenvalue weighted by Gasteiger charge is 2.33. The predicted molar refractivity (Wildman–Crippen MR) is 131 cm³/mol. The maximum absolute atomic E-state index is 13.1. The maximum Gasteiger partial charge on any atom is 0.244 e. The van der Waals surface area contributed by atoms with E-state index < -0.39 is 10.0 Å². The van der Waals surface area contributed by atoms with Gasteiger partial charge in [0.1, 0.15) is 0 Å². The van der Waals surface area contributed by atoms with Crippen molar-refractivity contribution in [3.05, 3.63) is 59.5 Å². The smallest absolute Gasteiger partial charge is 0.244 e. The summed E-state index contributed by atoms with van der Waals surface area (Å²) in [5.74, 6) is -0.333. The highest BCUT2D eigenvalue weighted by Crippen LogP contribution is 2.31. The molecule has 1 aromatic heterocycles. The lowest BCUT2D eigenvalue weighted by atomic mass is 9.97. The molecule has 6 nitrogen and oxygen atoms in total. The molecule has 32 heavy (non-hydrogen) atoms. The number of hydrogen-bond acceptors (Lipinski definition) is 6. The molecule has 3 aromatic rings. The largest absolute Gasteiger partial charge is 0.302 e. The Morgan fingerprint density at radius 3 is 2.50 bits per heavy atom. The average molecular weight is 488 g/mol. The van der Waals surface area contributed by atoms with Crippen LogP contribution < -0.4 is 5.32 Å². The van der Waals surface area contributed by atoms with E-state index in [1.54, 1.807) is 12.1 Å². The first-order chi connectivity index (χ1) is 15.4. The molecule has 0 aliphatic carbocycles. The SMILES string of the molecule is CSc1ccccc1S(=O)(=O)N1CCC(C(=O)Nc2nc(-c3ccc(C)cc3)cs2)CC1. The van der Waals surface area contributed by atoms with Crippen LogP contribution in [0.15, 0.2) is 63.7 Å². The molecule has 1 amide bonds. The molecule has 0 radical (unpaired) electrons. The quantitative estimate of drug-likeness (QED) is 0.501. The van der Waals surface area contributed by atoms with Crippen LogP contribution in [0.3, 0.4) is 0 Å². The van der Waals surface area contributed by atoms with Crippen molar-refractivity contribution in [2.75, 3.05) is 24.7 Å². The lowest BCUT2D eigenvalue weighted by Gasteiger charge is -2.30. The highest BCUT2D eigenvalue weighted by molar-refractivity contribution is 7.99. The molecule has 1 N–H and O–H groups in total. The molecule has 1 fully saturated rings. The molecule has 1 saturated heterocycles. The number of anilines is 1. The van der Waals surface area contributed by atoms with Crippen molar-refractivity contribution in [3.8, 4) is 11.3 Å². The zero-order chi connectivity index (χ0) is 22.7. The Labute approximate surface area is 197 Å². The minimum absolute atomic E-state index is 0.101. The number of aryl methyl sites for hydroxylation is 1. The number of thiazole rings is 1. The fraction of sp³-hybridized carbons (Fsp3) is 0.304. The van der Waals surface area contributed by atoms with Crippen LogP contribution in [0.4, 0.5) is 5.13 Å². The number of benzene rings is 2. The summed E-state index contributed by atoms with van der Waals surface area (Å²) in [5.41, 5.74) is 3.03. The van der Waals surface area contributed by atoms with Gasteiger partial charge in [-0.25, -0.2) is 13.4 Å². The van der Waals surface area contributed by atoms with Gasteiger partial charge in [0.2, 0.25) is 15.9 Å². The number of nitrogens with zero attached hydrogens (tertiary/aromatic N) is 2. The average Bonchev–Trinajstić information content (AvgIpc) is 3.28. The van der Waals surface area contributed by atoms with Gasteiger partial charge in [-0.1, -0.05) is 42.0 Å². The van der Waals surface area contributed by atoms with Gasteiger partial charge in [-0.3, -0.25) is 4.79 Å². The molecule has 1 aliphatic rings. The summed E-state index contributed by atoms with van der Waals surface area (Å²) in [6, 6.07) is 15.1. The van der Waals surface area contributed by atoms with E-state index in [-0.39, 0.29) is 11.8 Å². The van der Waals surface area contributed by atoms with Crippen LogP contribution in [-0.2, 0) is 14.8 Å². The number of aromatic nitrogens is 1. The van der Waals surface area contributed by atoms with Gasteiger partial charge in [0.05, 0.1) is 10.6 Å². The third-order valence-electron chi connectivity index (χ3n) is 5.59. The molecule has 0 atom stereocenters. The summed E-state index contributed by atoms with van der Waals surface area (Å²) in [4.78, 5) is 18.4. The normalized spacial score (nSPS) is 15.6. The van der Waals surface area contributed by atoms with E-state index in [1.807, 2.05) is 55.0 Å². The van der Waals surface area contributed by atoms with Crippen LogP contribution in [0.5, 0.6) is 0 Å². The Hall–Kier alpha value is -2.20. The van der Waals surface area contributed by atoms with Crippen molar-refractivity contribution in [1.29, 1.82) is 0 Å². The van der Waals surface area contributed by atoms with Gasteiger partial charge in [-0.15, -0.1) is 23.1 Å². The Kier molecular flexibility index (Phi) is 6.99. The predicted octanol–water partition coefficient (Wildman–Crippen LogP) is 4.88. The lowest BCUT2D eigenvalue weighted by Crippen LogP contribution is -2.41. The Bertz CT molecular complexity index is 1200. The van der Waals surface area contributed by atoms with Crippen molar-refractivity contribution < 1.29 is 13.2 Å². The van der Waals surface area contributed by atoms with E-state index in [9.17, 15) is 13.2 Å². The van der Waals surface area contributed by atoms with Crippen LogP contribution >= 0.6 is 23.1 Å². The number of thioether (sulfide) groups is 1. The van der Waals surface area contributed by atoms with Crippen LogP contribution in [0.25, 0.3) is 11.3 Å². The molecule has 168 valence electrons. The maximum atomic E-state index is 13.1. The van der Waals surface area contributed by atoms with Crippen molar-refractivity contribution in [2.24, 2.45) is 5.92 Å². The first-order valence-corrected chi connectivity index (χ1v) is 13.9. The summed E-state index contributed by atoms with van der Waals surface area (Å²) in [6.07, 6.45) is 2.85. The Morgan fingerprint density at radius 1 is 1.12 bits per heavy atom. The second-order valence-corrected chi connectivity index (χ2v) is 11.3. The molecule has 0 saturated carbocycles. The number of carbonyl (C=O) groups excluding carboxylic acids is 1. The van der Waals surface area contributed by atoms with Crippen molar-refractivity contribution in [3.63, 3.8) is 0 Å². The van der Waals surface area contributed by atoms with Crippen molar-refractivity contribution in [2.45, 2.75) is 29.6 Å². The zero-order valence-electron chi connectivity index (χ0n) is 17.9.